The number of hydrogen-bond acceptors (Lipinski definition) is 4. The van der Waals surface area contributed by atoms with E-state index in [2.05, 4.69) is 5.10 Å². The summed E-state index contributed by atoms with van der Waals surface area (Å²) in [6, 6.07) is 2.24. The number of carbonyl (C=O) groups is 2. The van der Waals surface area contributed by atoms with Crippen LogP contribution in [0.4, 0.5) is 8.78 Å². The molecule has 0 aliphatic carbocycles. The second-order valence-corrected chi connectivity index (χ2v) is 5.04. The van der Waals surface area contributed by atoms with E-state index in [1.54, 1.807) is 11.6 Å². The van der Waals surface area contributed by atoms with Gasteiger partial charge in [-0.3, -0.25) is 4.68 Å². The van der Waals surface area contributed by atoms with E-state index < -0.39 is 23.6 Å². The lowest BCUT2D eigenvalue weighted by molar-refractivity contribution is -0.134. The molecular weight excluding hydrogens is 324 g/mol. The molecule has 0 spiro atoms. The van der Waals surface area contributed by atoms with Gasteiger partial charge in [0.05, 0.1) is 17.8 Å². The lowest BCUT2D eigenvalue weighted by Crippen LogP contribution is -2.22. The van der Waals surface area contributed by atoms with Crippen molar-refractivity contribution >= 4 is 22.8 Å². The third-order valence-electron chi connectivity index (χ3n) is 2.81. The summed E-state index contributed by atoms with van der Waals surface area (Å²) in [5, 5.41) is 20.5. The SMILES string of the molecule is Cc1nn(C[C@H](C)N)c2cc(F)c(F)cc12.O=C(O)/C=C/C(=O)O. The second kappa shape index (κ2) is 8.16. The van der Waals surface area contributed by atoms with Crippen LogP contribution in [0.5, 0.6) is 0 Å². The standard InChI is InChI=1S/C11H13F2N3.C4H4O4/c1-6(14)5-16-11-4-10(13)9(12)3-8(11)7(2)15-16;5-3(6)1-2-4(7)8/h3-4,6H,5,14H2,1-2H3;1-2H,(H,5,6)(H,7,8)/b;2-1+/t6-;/m0./s1. The average Bonchev–Trinajstić information content (AvgIpc) is 2.73. The summed E-state index contributed by atoms with van der Waals surface area (Å²) in [7, 11) is 0. The molecule has 0 amide bonds. The minimum absolute atomic E-state index is 0.0874. The van der Waals surface area contributed by atoms with Crippen molar-refractivity contribution in [3.63, 3.8) is 0 Å². The normalized spacial score (nSPS) is 12.0. The van der Waals surface area contributed by atoms with Crippen molar-refractivity contribution in [1.29, 1.82) is 0 Å². The molecule has 0 unspecified atom stereocenters. The number of aryl methyl sites for hydroxylation is 1. The maximum atomic E-state index is 13.1. The van der Waals surface area contributed by atoms with E-state index in [1.807, 2.05) is 6.92 Å². The van der Waals surface area contributed by atoms with E-state index >= 15 is 0 Å². The van der Waals surface area contributed by atoms with Crippen LogP contribution in [-0.2, 0) is 16.1 Å². The van der Waals surface area contributed by atoms with Crippen LogP contribution in [0.1, 0.15) is 12.6 Å². The highest BCUT2D eigenvalue weighted by Crippen LogP contribution is 2.21. The second-order valence-electron chi connectivity index (χ2n) is 5.04. The number of rotatable bonds is 4. The highest BCUT2D eigenvalue weighted by atomic mass is 19.2. The molecule has 1 aromatic heterocycles. The van der Waals surface area contributed by atoms with Crippen molar-refractivity contribution in [2.45, 2.75) is 26.4 Å². The number of fused-ring (bicyclic) bond motifs is 1. The van der Waals surface area contributed by atoms with Crippen LogP contribution in [0.25, 0.3) is 10.9 Å². The van der Waals surface area contributed by atoms with E-state index in [4.69, 9.17) is 15.9 Å². The number of benzene rings is 1. The van der Waals surface area contributed by atoms with Crippen LogP contribution in [0.3, 0.4) is 0 Å². The van der Waals surface area contributed by atoms with Gasteiger partial charge in [-0.2, -0.15) is 5.10 Å². The van der Waals surface area contributed by atoms with Crippen LogP contribution in [0.2, 0.25) is 0 Å². The van der Waals surface area contributed by atoms with Gasteiger partial charge in [0.15, 0.2) is 11.6 Å². The Morgan fingerprint density at radius 2 is 1.75 bits per heavy atom. The predicted octanol–water partition coefficient (Wildman–Crippen LogP) is 1.68. The molecule has 24 heavy (non-hydrogen) atoms. The summed E-state index contributed by atoms with van der Waals surface area (Å²) in [5.74, 6) is -4.23. The molecule has 1 aromatic carbocycles. The molecule has 2 rings (SSSR count). The molecule has 0 fully saturated rings. The maximum Gasteiger partial charge on any atom is 0.328 e. The first kappa shape index (κ1) is 19.2. The number of carboxylic acid groups (broad SMARTS) is 2. The number of carboxylic acids is 2. The lowest BCUT2D eigenvalue weighted by Gasteiger charge is -2.06. The molecule has 1 heterocycles. The molecule has 0 saturated heterocycles. The van der Waals surface area contributed by atoms with E-state index in [0.29, 0.717) is 35.3 Å². The number of aliphatic carboxylic acids is 2. The van der Waals surface area contributed by atoms with Gasteiger partial charge in [0, 0.05) is 29.6 Å². The topological polar surface area (TPSA) is 118 Å². The fourth-order valence-electron chi connectivity index (χ4n) is 1.88. The Kier molecular flexibility index (Phi) is 6.54. The zero-order valence-electron chi connectivity index (χ0n) is 13.0. The summed E-state index contributed by atoms with van der Waals surface area (Å²) in [5.41, 5.74) is 6.92. The van der Waals surface area contributed by atoms with Gasteiger partial charge >= 0.3 is 11.9 Å². The number of nitrogens with zero attached hydrogens (tertiary/aromatic N) is 2. The largest absolute Gasteiger partial charge is 0.478 e. The number of aromatic nitrogens is 2. The Labute approximate surface area is 136 Å². The Balaban J connectivity index is 0.000000307. The summed E-state index contributed by atoms with van der Waals surface area (Å²) >= 11 is 0. The predicted molar refractivity (Wildman–Crippen MR) is 82.4 cm³/mol. The zero-order valence-corrected chi connectivity index (χ0v) is 13.0. The van der Waals surface area contributed by atoms with Crippen LogP contribution < -0.4 is 5.73 Å². The molecule has 2 aromatic rings. The lowest BCUT2D eigenvalue weighted by atomic mass is 10.2. The van der Waals surface area contributed by atoms with Gasteiger partial charge in [-0.1, -0.05) is 0 Å². The molecule has 0 aliphatic heterocycles. The first-order valence-electron chi connectivity index (χ1n) is 6.83. The molecule has 4 N–H and O–H groups in total. The molecule has 1 atom stereocenters. The molecule has 0 radical (unpaired) electrons. The molecule has 7 nitrogen and oxygen atoms in total. The van der Waals surface area contributed by atoms with Gasteiger partial charge in [0.2, 0.25) is 0 Å². The summed E-state index contributed by atoms with van der Waals surface area (Å²) in [6.07, 6.45) is 1.12. The quantitative estimate of drug-likeness (QED) is 0.728. The van der Waals surface area contributed by atoms with E-state index in [1.165, 1.54) is 6.07 Å². The van der Waals surface area contributed by atoms with Gasteiger partial charge in [-0.05, 0) is 19.9 Å². The molecule has 0 bridgehead atoms. The molecular formula is C15H17F2N3O4. The summed E-state index contributed by atoms with van der Waals surface area (Å²) in [6.45, 7) is 4.08. The van der Waals surface area contributed by atoms with Crippen LogP contribution in [0.15, 0.2) is 24.3 Å². The van der Waals surface area contributed by atoms with E-state index in [9.17, 15) is 18.4 Å². The molecule has 9 heteroatoms. The van der Waals surface area contributed by atoms with E-state index in [-0.39, 0.29) is 6.04 Å². The fraction of sp³-hybridized carbons (Fsp3) is 0.267. The first-order chi connectivity index (χ1) is 11.1. The molecule has 130 valence electrons. The minimum Gasteiger partial charge on any atom is -0.478 e. The fourth-order valence-corrected chi connectivity index (χ4v) is 1.88. The Bertz CT molecular complexity index is 769. The van der Waals surface area contributed by atoms with Crippen molar-refractivity contribution in [2.75, 3.05) is 0 Å². The minimum atomic E-state index is -1.26. The van der Waals surface area contributed by atoms with E-state index in [0.717, 1.165) is 6.07 Å². The Morgan fingerprint density at radius 3 is 2.21 bits per heavy atom. The van der Waals surface area contributed by atoms with Crippen LogP contribution in [-0.4, -0.2) is 38.0 Å². The van der Waals surface area contributed by atoms with Gasteiger partial charge in [0.25, 0.3) is 0 Å². The summed E-state index contributed by atoms with van der Waals surface area (Å²) < 4.78 is 27.8. The van der Waals surface area contributed by atoms with Crippen molar-refractivity contribution in [1.82, 2.24) is 9.78 Å². The molecule has 0 aliphatic rings. The monoisotopic (exact) mass is 341 g/mol. The molecule has 0 saturated carbocycles. The third kappa shape index (κ3) is 5.43. The number of nitrogens with two attached hydrogens (primary N) is 1. The summed E-state index contributed by atoms with van der Waals surface area (Å²) in [4.78, 5) is 19.1. The average molecular weight is 341 g/mol. The van der Waals surface area contributed by atoms with Crippen LogP contribution >= 0.6 is 0 Å². The number of halogens is 2. The maximum absolute atomic E-state index is 13.1. The van der Waals surface area contributed by atoms with Gasteiger partial charge in [-0.15, -0.1) is 0 Å². The van der Waals surface area contributed by atoms with Gasteiger partial charge < -0.3 is 15.9 Å². The first-order valence-corrected chi connectivity index (χ1v) is 6.83. The van der Waals surface area contributed by atoms with Gasteiger partial charge in [0.1, 0.15) is 0 Å². The smallest absolute Gasteiger partial charge is 0.328 e. The van der Waals surface area contributed by atoms with Crippen LogP contribution in [0, 0.1) is 18.6 Å². The van der Waals surface area contributed by atoms with Gasteiger partial charge in [-0.25, -0.2) is 18.4 Å². The highest BCUT2D eigenvalue weighted by molar-refractivity contribution is 5.89. The van der Waals surface area contributed by atoms with Crippen molar-refractivity contribution < 1.29 is 28.6 Å². The number of hydrogen-bond donors (Lipinski definition) is 3. The Morgan fingerprint density at radius 1 is 1.25 bits per heavy atom. The van der Waals surface area contributed by atoms with Crippen molar-refractivity contribution in [3.8, 4) is 0 Å². The van der Waals surface area contributed by atoms with Crippen molar-refractivity contribution in [3.05, 3.63) is 41.6 Å². The Hall–Kier alpha value is -2.81. The van der Waals surface area contributed by atoms with Crippen molar-refractivity contribution in [2.24, 2.45) is 5.73 Å². The highest BCUT2D eigenvalue weighted by Gasteiger charge is 2.12. The third-order valence-corrected chi connectivity index (χ3v) is 2.81. The zero-order chi connectivity index (χ0) is 18.4.